The maximum absolute atomic E-state index is 3.69. The van der Waals surface area contributed by atoms with Crippen molar-refractivity contribution in [2.45, 2.75) is 38.6 Å². The summed E-state index contributed by atoms with van der Waals surface area (Å²) >= 11 is 7.20. The minimum absolute atomic E-state index is 0.359. The molecule has 1 aromatic carbocycles. The molecular formula is C15H19Br2N. The highest BCUT2D eigenvalue weighted by Gasteiger charge is 2.19. The lowest BCUT2D eigenvalue weighted by Crippen LogP contribution is -2.24. The molecule has 1 aliphatic carbocycles. The number of hydrogen-bond donors (Lipinski definition) is 1. The van der Waals surface area contributed by atoms with Crippen LogP contribution in [-0.2, 0) is 0 Å². The lowest BCUT2D eigenvalue weighted by atomic mass is 9.90. The molecule has 0 radical (unpaired) electrons. The molecule has 0 bridgehead atoms. The summed E-state index contributed by atoms with van der Waals surface area (Å²) in [6.07, 6.45) is 7.53. The normalized spacial score (nSPS) is 17.4. The SMILES string of the molecule is CCNC(C1=CCCCC1)c1ccc(Br)cc1Br. The van der Waals surface area contributed by atoms with Gasteiger partial charge < -0.3 is 5.32 Å². The van der Waals surface area contributed by atoms with Crippen molar-refractivity contribution in [3.05, 3.63) is 44.4 Å². The molecule has 0 saturated carbocycles. The van der Waals surface area contributed by atoms with Gasteiger partial charge in [0.15, 0.2) is 0 Å². The molecule has 0 amide bonds. The Morgan fingerprint density at radius 1 is 1.28 bits per heavy atom. The Morgan fingerprint density at radius 3 is 2.72 bits per heavy atom. The van der Waals surface area contributed by atoms with E-state index in [0.717, 1.165) is 11.0 Å². The topological polar surface area (TPSA) is 12.0 Å². The van der Waals surface area contributed by atoms with Crippen molar-refractivity contribution in [3.8, 4) is 0 Å². The van der Waals surface area contributed by atoms with Crippen LogP contribution in [0.5, 0.6) is 0 Å². The van der Waals surface area contributed by atoms with Gasteiger partial charge in [0.2, 0.25) is 0 Å². The smallest absolute Gasteiger partial charge is 0.0547 e. The molecule has 0 saturated heterocycles. The van der Waals surface area contributed by atoms with Crippen molar-refractivity contribution in [2.75, 3.05) is 6.54 Å². The lowest BCUT2D eigenvalue weighted by molar-refractivity contribution is 0.562. The molecule has 18 heavy (non-hydrogen) atoms. The van der Waals surface area contributed by atoms with E-state index in [4.69, 9.17) is 0 Å². The van der Waals surface area contributed by atoms with Gasteiger partial charge >= 0.3 is 0 Å². The molecule has 1 atom stereocenters. The summed E-state index contributed by atoms with van der Waals surface area (Å²) in [6.45, 7) is 3.16. The Balaban J connectivity index is 2.31. The average Bonchev–Trinajstić information content (AvgIpc) is 2.38. The molecule has 0 spiro atoms. The first-order valence-corrected chi connectivity index (χ1v) is 8.18. The molecule has 3 heteroatoms. The molecule has 1 N–H and O–H groups in total. The van der Waals surface area contributed by atoms with E-state index in [1.165, 1.54) is 35.7 Å². The largest absolute Gasteiger partial charge is 0.307 e. The van der Waals surface area contributed by atoms with Gasteiger partial charge in [-0.25, -0.2) is 0 Å². The fraction of sp³-hybridized carbons (Fsp3) is 0.467. The number of likely N-dealkylation sites (N-methyl/N-ethyl adjacent to an activating group) is 1. The first-order chi connectivity index (χ1) is 8.72. The third-order valence-corrected chi connectivity index (χ3v) is 4.56. The molecule has 0 heterocycles. The zero-order valence-corrected chi connectivity index (χ0v) is 13.9. The molecule has 1 aromatic rings. The second-order valence-electron chi connectivity index (χ2n) is 4.68. The summed E-state index contributed by atoms with van der Waals surface area (Å²) in [5.41, 5.74) is 2.89. The van der Waals surface area contributed by atoms with Gasteiger partial charge in [-0.2, -0.15) is 0 Å². The standard InChI is InChI=1S/C15H19Br2N/c1-2-18-15(11-6-4-3-5-7-11)13-9-8-12(16)10-14(13)17/h6,8-10,15,18H,2-5,7H2,1H3. The van der Waals surface area contributed by atoms with E-state index < -0.39 is 0 Å². The van der Waals surface area contributed by atoms with Crippen LogP contribution < -0.4 is 5.32 Å². The molecule has 0 aromatic heterocycles. The van der Waals surface area contributed by atoms with Crippen molar-refractivity contribution >= 4 is 31.9 Å². The van der Waals surface area contributed by atoms with Crippen LogP contribution in [0.2, 0.25) is 0 Å². The number of benzene rings is 1. The molecule has 1 unspecified atom stereocenters. The average molecular weight is 373 g/mol. The number of nitrogens with one attached hydrogen (secondary N) is 1. The molecule has 98 valence electrons. The van der Waals surface area contributed by atoms with Crippen molar-refractivity contribution in [1.29, 1.82) is 0 Å². The first kappa shape index (κ1) is 14.3. The van der Waals surface area contributed by atoms with Gasteiger partial charge in [0, 0.05) is 8.95 Å². The molecule has 0 fully saturated rings. The fourth-order valence-corrected chi connectivity index (χ4v) is 3.78. The van der Waals surface area contributed by atoms with Crippen LogP contribution in [0.4, 0.5) is 0 Å². The molecule has 2 rings (SSSR count). The highest BCUT2D eigenvalue weighted by Crippen LogP contribution is 2.34. The summed E-state index contributed by atoms with van der Waals surface area (Å²) in [5, 5.41) is 3.62. The Hall–Kier alpha value is -0.120. The summed E-state index contributed by atoms with van der Waals surface area (Å²) in [5.74, 6) is 0. The van der Waals surface area contributed by atoms with Crippen LogP contribution in [-0.4, -0.2) is 6.54 Å². The summed E-state index contributed by atoms with van der Waals surface area (Å²) in [7, 11) is 0. The van der Waals surface area contributed by atoms with Crippen LogP contribution in [0.15, 0.2) is 38.8 Å². The van der Waals surface area contributed by atoms with Crippen molar-refractivity contribution in [3.63, 3.8) is 0 Å². The van der Waals surface area contributed by atoms with Gasteiger partial charge in [-0.15, -0.1) is 0 Å². The minimum atomic E-state index is 0.359. The van der Waals surface area contributed by atoms with Crippen LogP contribution in [0.1, 0.15) is 44.2 Å². The van der Waals surface area contributed by atoms with Gasteiger partial charge in [-0.05, 0) is 49.9 Å². The highest BCUT2D eigenvalue weighted by atomic mass is 79.9. The number of halogens is 2. The van der Waals surface area contributed by atoms with E-state index in [-0.39, 0.29) is 0 Å². The third-order valence-electron chi connectivity index (χ3n) is 3.38. The predicted molar refractivity (Wildman–Crippen MR) is 84.8 cm³/mol. The van der Waals surface area contributed by atoms with Crippen LogP contribution in [0.3, 0.4) is 0 Å². The third kappa shape index (κ3) is 3.46. The number of rotatable bonds is 4. The monoisotopic (exact) mass is 371 g/mol. The molecule has 1 aliphatic rings. The summed E-state index contributed by atoms with van der Waals surface area (Å²) in [4.78, 5) is 0. The second kappa shape index (κ2) is 6.88. The van der Waals surface area contributed by atoms with Gasteiger partial charge in [0.05, 0.1) is 6.04 Å². The number of allylic oxidation sites excluding steroid dienone is 1. The zero-order valence-electron chi connectivity index (χ0n) is 10.7. The Morgan fingerprint density at radius 2 is 2.11 bits per heavy atom. The minimum Gasteiger partial charge on any atom is -0.307 e. The van der Waals surface area contributed by atoms with E-state index >= 15 is 0 Å². The first-order valence-electron chi connectivity index (χ1n) is 6.59. The Bertz CT molecular complexity index is 440. The molecule has 1 nitrogen and oxygen atoms in total. The maximum atomic E-state index is 3.69. The van der Waals surface area contributed by atoms with Crippen LogP contribution in [0.25, 0.3) is 0 Å². The highest BCUT2D eigenvalue weighted by molar-refractivity contribution is 9.11. The zero-order chi connectivity index (χ0) is 13.0. The maximum Gasteiger partial charge on any atom is 0.0547 e. The van der Waals surface area contributed by atoms with Crippen molar-refractivity contribution in [1.82, 2.24) is 5.32 Å². The van der Waals surface area contributed by atoms with Crippen molar-refractivity contribution in [2.24, 2.45) is 0 Å². The Kier molecular flexibility index (Phi) is 5.46. The van der Waals surface area contributed by atoms with Crippen LogP contribution in [0, 0.1) is 0 Å². The molecular weight excluding hydrogens is 354 g/mol. The van der Waals surface area contributed by atoms with E-state index in [9.17, 15) is 0 Å². The quantitative estimate of drug-likeness (QED) is 0.701. The van der Waals surface area contributed by atoms with E-state index in [1.54, 1.807) is 5.57 Å². The van der Waals surface area contributed by atoms with Crippen LogP contribution >= 0.6 is 31.9 Å². The predicted octanol–water partition coefficient (Wildman–Crippen LogP) is 5.36. The van der Waals surface area contributed by atoms with Gasteiger partial charge in [-0.1, -0.05) is 56.5 Å². The Labute approximate surface area is 126 Å². The molecule has 0 aliphatic heterocycles. The van der Waals surface area contributed by atoms with Gasteiger partial charge in [-0.3, -0.25) is 0 Å². The van der Waals surface area contributed by atoms with Gasteiger partial charge in [0.1, 0.15) is 0 Å². The lowest BCUT2D eigenvalue weighted by Gasteiger charge is -2.25. The van der Waals surface area contributed by atoms with E-state index in [2.05, 4.69) is 68.4 Å². The fourth-order valence-electron chi connectivity index (χ4n) is 2.51. The second-order valence-corrected chi connectivity index (χ2v) is 6.45. The number of hydrogen-bond acceptors (Lipinski definition) is 1. The summed E-state index contributed by atoms with van der Waals surface area (Å²) in [6, 6.07) is 6.81. The van der Waals surface area contributed by atoms with Gasteiger partial charge in [0.25, 0.3) is 0 Å². The summed E-state index contributed by atoms with van der Waals surface area (Å²) < 4.78 is 2.29. The van der Waals surface area contributed by atoms with Crippen molar-refractivity contribution < 1.29 is 0 Å². The van der Waals surface area contributed by atoms with E-state index in [1.807, 2.05) is 0 Å². The van der Waals surface area contributed by atoms with E-state index in [0.29, 0.717) is 6.04 Å².